The predicted molar refractivity (Wildman–Crippen MR) is 97.9 cm³/mol. The molecule has 2 aromatic heterocycles. The van der Waals surface area contributed by atoms with Crippen LogP contribution in [0.3, 0.4) is 0 Å². The van der Waals surface area contributed by atoms with Gasteiger partial charge in [0.1, 0.15) is 11.9 Å². The van der Waals surface area contributed by atoms with Gasteiger partial charge in [0.05, 0.1) is 11.5 Å². The molecule has 4 rings (SSSR count). The van der Waals surface area contributed by atoms with Crippen LogP contribution in [-0.2, 0) is 0 Å². The lowest BCUT2D eigenvalue weighted by Crippen LogP contribution is -2.35. The molecular weight excluding hydrogens is 350 g/mol. The van der Waals surface area contributed by atoms with Crippen molar-refractivity contribution in [3.8, 4) is 17.5 Å². The van der Waals surface area contributed by atoms with Crippen molar-refractivity contribution in [1.29, 1.82) is 5.26 Å². The molecule has 3 heterocycles. The molecule has 0 saturated carbocycles. The van der Waals surface area contributed by atoms with Crippen molar-refractivity contribution in [2.75, 3.05) is 18.0 Å². The Labute approximate surface area is 156 Å². The minimum atomic E-state index is 0.162. The molecule has 7 heteroatoms. The number of rotatable bonds is 3. The summed E-state index contributed by atoms with van der Waals surface area (Å²) in [6.07, 6.45) is 3.62. The van der Waals surface area contributed by atoms with Gasteiger partial charge in [-0.25, -0.2) is 4.98 Å². The standard InChI is InChI=1S/C19H16ClN5O/c20-16-6-4-14(5-7-16)18-23-19(26-24-18)15-2-1-9-25(12-15)17-8-3-13(10-21)11-22-17/h3-8,11,15H,1-2,9,12H2. The quantitative estimate of drug-likeness (QED) is 0.696. The summed E-state index contributed by atoms with van der Waals surface area (Å²) in [5, 5.41) is 13.7. The Morgan fingerprint density at radius 2 is 2.04 bits per heavy atom. The Hall–Kier alpha value is -2.91. The fourth-order valence-corrected chi connectivity index (χ4v) is 3.27. The van der Waals surface area contributed by atoms with Gasteiger partial charge in [-0.3, -0.25) is 0 Å². The summed E-state index contributed by atoms with van der Waals surface area (Å²) in [4.78, 5) is 11.2. The molecule has 1 aliphatic heterocycles. The van der Waals surface area contributed by atoms with E-state index in [1.165, 1.54) is 0 Å². The van der Waals surface area contributed by atoms with Crippen LogP contribution in [0.25, 0.3) is 11.4 Å². The Morgan fingerprint density at radius 1 is 1.19 bits per heavy atom. The SMILES string of the molecule is N#Cc1ccc(N2CCCC(c3nc(-c4ccc(Cl)cc4)no3)C2)nc1. The van der Waals surface area contributed by atoms with Crippen molar-refractivity contribution in [2.24, 2.45) is 0 Å². The van der Waals surface area contributed by atoms with E-state index in [-0.39, 0.29) is 5.92 Å². The van der Waals surface area contributed by atoms with E-state index in [2.05, 4.69) is 26.1 Å². The molecule has 1 unspecified atom stereocenters. The lowest BCUT2D eigenvalue weighted by molar-refractivity contribution is 0.333. The highest BCUT2D eigenvalue weighted by Gasteiger charge is 2.27. The molecule has 130 valence electrons. The van der Waals surface area contributed by atoms with E-state index in [1.807, 2.05) is 30.3 Å². The fraction of sp³-hybridized carbons (Fsp3) is 0.263. The summed E-state index contributed by atoms with van der Waals surface area (Å²) in [6, 6.07) is 13.1. The van der Waals surface area contributed by atoms with Crippen LogP contribution in [0.1, 0.15) is 30.2 Å². The molecule has 0 aliphatic carbocycles. The molecule has 1 saturated heterocycles. The largest absolute Gasteiger partial charge is 0.356 e. The molecule has 0 bridgehead atoms. The molecule has 1 atom stereocenters. The highest BCUT2D eigenvalue weighted by molar-refractivity contribution is 6.30. The first-order chi connectivity index (χ1) is 12.7. The second-order valence-electron chi connectivity index (χ2n) is 6.27. The molecule has 0 radical (unpaired) electrons. The van der Waals surface area contributed by atoms with Crippen LogP contribution in [0.5, 0.6) is 0 Å². The van der Waals surface area contributed by atoms with Gasteiger partial charge in [-0.15, -0.1) is 0 Å². The summed E-state index contributed by atoms with van der Waals surface area (Å²) in [6.45, 7) is 1.69. The third-order valence-electron chi connectivity index (χ3n) is 4.52. The average molecular weight is 366 g/mol. The number of halogens is 1. The third-order valence-corrected chi connectivity index (χ3v) is 4.77. The molecular formula is C19H16ClN5O. The molecule has 26 heavy (non-hydrogen) atoms. The van der Waals surface area contributed by atoms with Crippen LogP contribution < -0.4 is 4.90 Å². The van der Waals surface area contributed by atoms with E-state index in [0.29, 0.717) is 22.3 Å². The molecule has 0 spiro atoms. The number of hydrogen-bond donors (Lipinski definition) is 0. The average Bonchev–Trinajstić information content (AvgIpc) is 3.19. The van der Waals surface area contributed by atoms with E-state index in [9.17, 15) is 0 Å². The van der Waals surface area contributed by atoms with Gasteiger partial charge in [-0.1, -0.05) is 16.8 Å². The van der Waals surface area contributed by atoms with Gasteiger partial charge < -0.3 is 9.42 Å². The molecule has 1 aromatic carbocycles. The van der Waals surface area contributed by atoms with Gasteiger partial charge >= 0.3 is 0 Å². The summed E-state index contributed by atoms with van der Waals surface area (Å²) < 4.78 is 5.53. The Kier molecular flexibility index (Phi) is 4.55. The maximum Gasteiger partial charge on any atom is 0.231 e. The van der Waals surface area contributed by atoms with Crippen LogP contribution in [0.15, 0.2) is 47.1 Å². The molecule has 0 N–H and O–H groups in total. The molecule has 3 aromatic rings. The maximum atomic E-state index is 8.90. The van der Waals surface area contributed by atoms with Crippen molar-refractivity contribution in [3.63, 3.8) is 0 Å². The van der Waals surface area contributed by atoms with Gasteiger partial charge in [0, 0.05) is 29.9 Å². The monoisotopic (exact) mass is 365 g/mol. The molecule has 0 amide bonds. The second kappa shape index (κ2) is 7.14. The number of hydrogen-bond acceptors (Lipinski definition) is 6. The highest BCUT2D eigenvalue weighted by atomic mass is 35.5. The van der Waals surface area contributed by atoms with Gasteiger partial charge in [-0.2, -0.15) is 10.2 Å². The number of piperidine rings is 1. The van der Waals surface area contributed by atoms with E-state index in [0.717, 1.165) is 37.3 Å². The van der Waals surface area contributed by atoms with E-state index in [1.54, 1.807) is 12.3 Å². The third kappa shape index (κ3) is 3.39. The van der Waals surface area contributed by atoms with Crippen molar-refractivity contribution in [2.45, 2.75) is 18.8 Å². The summed E-state index contributed by atoms with van der Waals surface area (Å²) in [5.41, 5.74) is 1.44. The van der Waals surface area contributed by atoms with Gasteiger partial charge in [-0.05, 0) is 49.2 Å². The van der Waals surface area contributed by atoms with Crippen LogP contribution in [0.2, 0.25) is 5.02 Å². The first-order valence-corrected chi connectivity index (χ1v) is 8.81. The fourth-order valence-electron chi connectivity index (χ4n) is 3.14. The van der Waals surface area contributed by atoms with Crippen molar-refractivity contribution in [1.82, 2.24) is 15.1 Å². The van der Waals surface area contributed by atoms with Crippen molar-refractivity contribution < 1.29 is 4.52 Å². The zero-order valence-corrected chi connectivity index (χ0v) is 14.7. The van der Waals surface area contributed by atoms with Crippen molar-refractivity contribution >= 4 is 17.4 Å². The highest BCUT2D eigenvalue weighted by Crippen LogP contribution is 2.29. The summed E-state index contributed by atoms with van der Waals surface area (Å²) in [5.74, 6) is 2.25. The Morgan fingerprint density at radius 3 is 2.77 bits per heavy atom. The van der Waals surface area contributed by atoms with Crippen LogP contribution in [-0.4, -0.2) is 28.2 Å². The topological polar surface area (TPSA) is 78.8 Å². The first kappa shape index (κ1) is 16.6. The second-order valence-corrected chi connectivity index (χ2v) is 6.70. The minimum absolute atomic E-state index is 0.162. The summed E-state index contributed by atoms with van der Waals surface area (Å²) in [7, 11) is 0. The number of nitrogens with zero attached hydrogens (tertiary/aromatic N) is 5. The number of nitriles is 1. The van der Waals surface area contributed by atoms with E-state index < -0.39 is 0 Å². The molecule has 1 aliphatic rings. The van der Waals surface area contributed by atoms with Crippen molar-refractivity contribution in [3.05, 3.63) is 59.1 Å². The number of benzene rings is 1. The number of pyridine rings is 1. The van der Waals surface area contributed by atoms with Crippen LogP contribution in [0, 0.1) is 11.3 Å². The van der Waals surface area contributed by atoms with E-state index in [4.69, 9.17) is 21.4 Å². The number of aromatic nitrogens is 3. The maximum absolute atomic E-state index is 8.90. The number of anilines is 1. The lowest BCUT2D eigenvalue weighted by atomic mass is 9.98. The van der Waals surface area contributed by atoms with Crippen LogP contribution in [0.4, 0.5) is 5.82 Å². The smallest absolute Gasteiger partial charge is 0.231 e. The molecule has 1 fully saturated rings. The van der Waals surface area contributed by atoms with E-state index >= 15 is 0 Å². The zero-order valence-electron chi connectivity index (χ0n) is 14.0. The minimum Gasteiger partial charge on any atom is -0.356 e. The van der Waals surface area contributed by atoms with Gasteiger partial charge in [0.15, 0.2) is 0 Å². The molecule has 6 nitrogen and oxygen atoms in total. The lowest BCUT2D eigenvalue weighted by Gasteiger charge is -2.31. The Bertz CT molecular complexity index is 930. The zero-order chi connectivity index (χ0) is 17.9. The van der Waals surface area contributed by atoms with Gasteiger partial charge in [0.25, 0.3) is 0 Å². The van der Waals surface area contributed by atoms with Gasteiger partial charge in [0.2, 0.25) is 11.7 Å². The first-order valence-electron chi connectivity index (χ1n) is 8.43. The summed E-state index contributed by atoms with van der Waals surface area (Å²) >= 11 is 5.93. The normalized spacial score (nSPS) is 17.1. The Balaban J connectivity index is 1.51. The predicted octanol–water partition coefficient (Wildman–Crippen LogP) is 4.04. The van der Waals surface area contributed by atoms with Crippen LogP contribution >= 0.6 is 11.6 Å².